The Bertz CT molecular complexity index is 767. The minimum Gasteiger partial charge on any atom is -0.342 e. The van der Waals surface area contributed by atoms with Crippen LogP contribution in [0, 0.1) is 18.7 Å². The molecule has 3 N–H and O–H groups in total. The van der Waals surface area contributed by atoms with E-state index in [2.05, 4.69) is 16.0 Å². The van der Waals surface area contributed by atoms with Gasteiger partial charge in [-0.25, -0.2) is 9.18 Å². The summed E-state index contributed by atoms with van der Waals surface area (Å²) in [5.41, 5.74) is 1.12. The zero-order chi connectivity index (χ0) is 19.7. The number of hydrogen-bond donors (Lipinski definition) is 3. The van der Waals surface area contributed by atoms with Crippen LogP contribution in [0.5, 0.6) is 0 Å². The number of carbonyl (C=O) groups excluding carboxylic acids is 3. The summed E-state index contributed by atoms with van der Waals surface area (Å²) in [6.45, 7) is 6.06. The maximum atomic E-state index is 13.4. The lowest BCUT2D eigenvalue weighted by Gasteiger charge is -2.35. The average Bonchev–Trinajstić information content (AvgIpc) is 3.00. The quantitative estimate of drug-likeness (QED) is 0.748. The van der Waals surface area contributed by atoms with Crippen molar-refractivity contribution < 1.29 is 18.8 Å². The molecule has 4 amide bonds. The molecule has 2 fully saturated rings. The van der Waals surface area contributed by atoms with Crippen molar-refractivity contribution in [3.8, 4) is 0 Å². The van der Waals surface area contributed by atoms with E-state index in [9.17, 15) is 18.8 Å². The van der Waals surface area contributed by atoms with Crippen molar-refractivity contribution in [3.63, 3.8) is 0 Å². The molecule has 2 aliphatic heterocycles. The highest BCUT2D eigenvalue weighted by molar-refractivity contribution is 5.98. The summed E-state index contributed by atoms with van der Waals surface area (Å²) in [6, 6.07) is 2.28. The van der Waals surface area contributed by atoms with Crippen molar-refractivity contribution in [2.75, 3.05) is 11.9 Å². The van der Waals surface area contributed by atoms with Crippen molar-refractivity contribution in [3.05, 3.63) is 29.6 Å². The summed E-state index contributed by atoms with van der Waals surface area (Å²) < 4.78 is 13.4. The van der Waals surface area contributed by atoms with Gasteiger partial charge in [-0.05, 0) is 43.4 Å². The van der Waals surface area contributed by atoms with E-state index in [4.69, 9.17) is 0 Å². The molecular formula is C19H25FN4O3. The lowest BCUT2D eigenvalue weighted by atomic mass is 9.99. The smallest absolute Gasteiger partial charge is 0.319 e. The first-order valence-electron chi connectivity index (χ1n) is 9.19. The van der Waals surface area contributed by atoms with Crippen LogP contribution in [-0.2, 0) is 9.59 Å². The van der Waals surface area contributed by atoms with Gasteiger partial charge in [0.25, 0.3) is 0 Å². The molecule has 0 spiro atoms. The van der Waals surface area contributed by atoms with Gasteiger partial charge in [-0.15, -0.1) is 0 Å². The number of anilines is 1. The maximum absolute atomic E-state index is 13.4. The molecular weight excluding hydrogens is 351 g/mol. The highest BCUT2D eigenvalue weighted by Gasteiger charge is 2.46. The van der Waals surface area contributed by atoms with E-state index in [0.29, 0.717) is 25.1 Å². The molecule has 3 atom stereocenters. The van der Waals surface area contributed by atoms with Crippen LogP contribution >= 0.6 is 0 Å². The molecule has 0 bridgehead atoms. The lowest BCUT2D eigenvalue weighted by molar-refractivity contribution is -0.147. The molecule has 2 saturated heterocycles. The number of benzene rings is 1. The highest BCUT2D eigenvalue weighted by atomic mass is 19.1. The van der Waals surface area contributed by atoms with Crippen LogP contribution in [-0.4, -0.2) is 47.4 Å². The zero-order valence-corrected chi connectivity index (χ0v) is 15.7. The molecule has 1 aromatic rings. The minimum absolute atomic E-state index is 0.0982. The number of halogens is 1. The standard InChI is InChI=1S/C19H25FN4O3/c1-10(2)6-15-18(26)24-9-13(8-16(24)17(25)22-15)21-19(27)23-14-7-12(20)5-4-11(14)3/h4-5,7,10,13,15-16H,6,8-9H2,1-3H3,(H,22,25)(H2,21,23,27)/t13-,15+,16-/m0/s1. The predicted octanol–water partition coefficient (Wildman–Crippen LogP) is 1.77. The first-order valence-corrected chi connectivity index (χ1v) is 9.19. The fourth-order valence-corrected chi connectivity index (χ4v) is 3.67. The Hall–Kier alpha value is -2.64. The fourth-order valence-electron chi connectivity index (χ4n) is 3.67. The number of amides is 4. The van der Waals surface area contributed by atoms with Gasteiger partial charge in [-0.2, -0.15) is 0 Å². The van der Waals surface area contributed by atoms with Gasteiger partial charge in [0.05, 0.1) is 6.04 Å². The number of piperazine rings is 1. The van der Waals surface area contributed by atoms with E-state index in [1.54, 1.807) is 17.9 Å². The highest BCUT2D eigenvalue weighted by Crippen LogP contribution is 2.25. The predicted molar refractivity (Wildman–Crippen MR) is 98.6 cm³/mol. The monoisotopic (exact) mass is 376 g/mol. The topological polar surface area (TPSA) is 90.5 Å². The molecule has 0 unspecified atom stereocenters. The number of fused-ring (bicyclic) bond motifs is 1. The van der Waals surface area contributed by atoms with Gasteiger partial charge >= 0.3 is 6.03 Å². The van der Waals surface area contributed by atoms with E-state index in [-0.39, 0.29) is 23.8 Å². The van der Waals surface area contributed by atoms with Crippen molar-refractivity contribution in [1.29, 1.82) is 0 Å². The van der Waals surface area contributed by atoms with Gasteiger partial charge in [0, 0.05) is 12.2 Å². The van der Waals surface area contributed by atoms with Crippen LogP contribution in [0.15, 0.2) is 18.2 Å². The molecule has 2 heterocycles. The number of hydrogen-bond acceptors (Lipinski definition) is 3. The third-order valence-electron chi connectivity index (χ3n) is 4.99. The normalized spacial score (nSPS) is 24.6. The van der Waals surface area contributed by atoms with Crippen molar-refractivity contribution in [2.24, 2.45) is 5.92 Å². The van der Waals surface area contributed by atoms with Gasteiger partial charge in [0.1, 0.15) is 17.9 Å². The second-order valence-corrected chi connectivity index (χ2v) is 7.69. The number of carbonyl (C=O) groups is 3. The van der Waals surface area contributed by atoms with Gasteiger partial charge in [0.2, 0.25) is 11.8 Å². The number of urea groups is 1. The summed E-state index contributed by atoms with van der Waals surface area (Å²) in [7, 11) is 0. The molecule has 8 heteroatoms. The summed E-state index contributed by atoms with van der Waals surface area (Å²) >= 11 is 0. The second-order valence-electron chi connectivity index (χ2n) is 7.69. The van der Waals surface area contributed by atoms with Crippen LogP contribution in [0.2, 0.25) is 0 Å². The molecule has 146 valence electrons. The Morgan fingerprint density at radius 3 is 2.81 bits per heavy atom. The number of nitrogens with one attached hydrogen (secondary N) is 3. The van der Waals surface area contributed by atoms with E-state index in [0.717, 1.165) is 5.56 Å². The summed E-state index contributed by atoms with van der Waals surface area (Å²) in [5.74, 6) is -0.426. The van der Waals surface area contributed by atoms with E-state index in [1.807, 2.05) is 13.8 Å². The molecule has 0 radical (unpaired) electrons. The van der Waals surface area contributed by atoms with Gasteiger partial charge in [-0.1, -0.05) is 19.9 Å². The zero-order valence-electron chi connectivity index (χ0n) is 15.7. The van der Waals surface area contributed by atoms with Crippen LogP contribution in [0.4, 0.5) is 14.9 Å². The Labute approximate surface area is 157 Å². The number of aryl methyl sites for hydroxylation is 1. The van der Waals surface area contributed by atoms with Crippen LogP contribution in [0.25, 0.3) is 0 Å². The van der Waals surface area contributed by atoms with E-state index >= 15 is 0 Å². The van der Waals surface area contributed by atoms with Crippen molar-refractivity contribution in [1.82, 2.24) is 15.5 Å². The van der Waals surface area contributed by atoms with Crippen LogP contribution in [0.3, 0.4) is 0 Å². The Morgan fingerprint density at radius 1 is 1.37 bits per heavy atom. The average molecular weight is 376 g/mol. The summed E-state index contributed by atoms with van der Waals surface area (Å²) in [5, 5.41) is 8.20. The Balaban J connectivity index is 1.62. The van der Waals surface area contributed by atoms with Gasteiger partial charge in [-0.3, -0.25) is 9.59 Å². The Morgan fingerprint density at radius 2 is 2.11 bits per heavy atom. The molecule has 1 aromatic carbocycles. The SMILES string of the molecule is Cc1ccc(F)cc1NC(=O)N[C@H]1C[C@H]2C(=O)N[C@H](CC(C)C)C(=O)N2C1. The lowest BCUT2D eigenvalue weighted by Crippen LogP contribution is -2.61. The van der Waals surface area contributed by atoms with Gasteiger partial charge < -0.3 is 20.9 Å². The molecule has 0 saturated carbocycles. The summed E-state index contributed by atoms with van der Waals surface area (Å²) in [6.07, 6.45) is 0.951. The third kappa shape index (κ3) is 4.20. The summed E-state index contributed by atoms with van der Waals surface area (Å²) in [4.78, 5) is 38.8. The fraction of sp³-hybridized carbons (Fsp3) is 0.526. The first kappa shape index (κ1) is 19.1. The van der Waals surface area contributed by atoms with Crippen molar-refractivity contribution in [2.45, 2.75) is 51.7 Å². The van der Waals surface area contributed by atoms with E-state index < -0.39 is 23.9 Å². The number of nitrogens with zero attached hydrogens (tertiary/aromatic N) is 1. The second kappa shape index (κ2) is 7.54. The van der Waals surface area contributed by atoms with Crippen LogP contribution in [0.1, 0.15) is 32.3 Å². The number of rotatable bonds is 4. The third-order valence-corrected chi connectivity index (χ3v) is 4.99. The molecule has 0 aromatic heterocycles. The first-order chi connectivity index (χ1) is 12.7. The molecule has 3 rings (SSSR count). The minimum atomic E-state index is -0.554. The Kier molecular flexibility index (Phi) is 5.34. The molecule has 7 nitrogen and oxygen atoms in total. The molecule has 2 aliphatic rings. The van der Waals surface area contributed by atoms with Gasteiger partial charge in [0.15, 0.2) is 0 Å². The van der Waals surface area contributed by atoms with Crippen LogP contribution < -0.4 is 16.0 Å². The van der Waals surface area contributed by atoms with E-state index in [1.165, 1.54) is 12.1 Å². The largest absolute Gasteiger partial charge is 0.342 e. The van der Waals surface area contributed by atoms with Crippen molar-refractivity contribution >= 4 is 23.5 Å². The maximum Gasteiger partial charge on any atom is 0.319 e. The molecule has 0 aliphatic carbocycles. The molecule has 27 heavy (non-hydrogen) atoms.